The Labute approximate surface area is 107 Å². The monoisotopic (exact) mass is 285 g/mol. The molecule has 1 rings (SSSR count). The van der Waals surface area contributed by atoms with Crippen LogP contribution in [0.1, 0.15) is 0 Å². The topological polar surface area (TPSA) is 77.2 Å². The van der Waals surface area contributed by atoms with Crippen LogP contribution in [0.5, 0.6) is 0 Å². The van der Waals surface area contributed by atoms with E-state index in [0.29, 0.717) is 5.69 Å². The van der Waals surface area contributed by atoms with Crippen molar-refractivity contribution in [3.05, 3.63) is 18.3 Å². The molecule has 5 nitrogen and oxygen atoms in total. The van der Waals surface area contributed by atoms with E-state index in [1.54, 1.807) is 0 Å². The van der Waals surface area contributed by atoms with E-state index in [9.17, 15) is 18.0 Å². The van der Waals surface area contributed by atoms with Crippen molar-refractivity contribution in [1.29, 1.82) is 0 Å². The SMILES string of the molecule is Cl.Nc1ccc(NC(=O)COCC(F)(F)F)cn1. The Balaban J connectivity index is 0.00000289. The number of halogens is 4. The Hall–Kier alpha value is -1.54. The summed E-state index contributed by atoms with van der Waals surface area (Å²) in [6.07, 6.45) is -3.15. The summed E-state index contributed by atoms with van der Waals surface area (Å²) in [5, 5.41) is 2.31. The van der Waals surface area contributed by atoms with E-state index in [1.807, 2.05) is 0 Å². The van der Waals surface area contributed by atoms with Gasteiger partial charge in [-0.05, 0) is 12.1 Å². The van der Waals surface area contributed by atoms with Crippen LogP contribution in [0.25, 0.3) is 0 Å². The van der Waals surface area contributed by atoms with Crippen molar-refractivity contribution < 1.29 is 22.7 Å². The molecule has 0 aromatic carbocycles. The second-order valence-electron chi connectivity index (χ2n) is 3.13. The van der Waals surface area contributed by atoms with Crippen molar-refractivity contribution in [3.63, 3.8) is 0 Å². The van der Waals surface area contributed by atoms with E-state index >= 15 is 0 Å². The summed E-state index contributed by atoms with van der Waals surface area (Å²) >= 11 is 0. The summed E-state index contributed by atoms with van der Waals surface area (Å²) in [5.74, 6) is -0.419. The fourth-order valence-corrected chi connectivity index (χ4v) is 0.936. The lowest BCUT2D eigenvalue weighted by atomic mass is 10.4. The van der Waals surface area contributed by atoms with Gasteiger partial charge in [-0.3, -0.25) is 4.79 Å². The van der Waals surface area contributed by atoms with Gasteiger partial charge in [-0.15, -0.1) is 12.4 Å². The molecule has 0 saturated heterocycles. The first kappa shape index (κ1) is 16.5. The quantitative estimate of drug-likeness (QED) is 0.881. The molecule has 9 heteroatoms. The number of carbonyl (C=O) groups is 1. The molecular weight excluding hydrogens is 275 g/mol. The van der Waals surface area contributed by atoms with E-state index in [0.717, 1.165) is 0 Å². The predicted molar refractivity (Wildman–Crippen MR) is 61.4 cm³/mol. The average molecular weight is 286 g/mol. The number of carbonyl (C=O) groups excluding carboxylic acids is 1. The molecular formula is C9H11ClF3N3O2. The van der Waals surface area contributed by atoms with Gasteiger partial charge in [-0.1, -0.05) is 0 Å². The Morgan fingerprint density at radius 2 is 2.11 bits per heavy atom. The molecule has 0 atom stereocenters. The third-order valence-electron chi connectivity index (χ3n) is 1.57. The van der Waals surface area contributed by atoms with Crippen molar-refractivity contribution in [3.8, 4) is 0 Å². The van der Waals surface area contributed by atoms with E-state index in [-0.39, 0.29) is 18.2 Å². The van der Waals surface area contributed by atoms with Gasteiger partial charge < -0.3 is 15.8 Å². The van der Waals surface area contributed by atoms with Gasteiger partial charge in [0, 0.05) is 0 Å². The highest BCUT2D eigenvalue weighted by atomic mass is 35.5. The fraction of sp³-hybridized carbons (Fsp3) is 0.333. The molecule has 0 fully saturated rings. The number of rotatable bonds is 4. The van der Waals surface area contributed by atoms with Gasteiger partial charge in [0.1, 0.15) is 19.0 Å². The van der Waals surface area contributed by atoms with Crippen LogP contribution in [0.15, 0.2) is 18.3 Å². The highest BCUT2D eigenvalue weighted by molar-refractivity contribution is 5.91. The van der Waals surface area contributed by atoms with E-state index in [4.69, 9.17) is 5.73 Å². The lowest BCUT2D eigenvalue weighted by molar-refractivity contribution is -0.174. The first-order valence-electron chi connectivity index (χ1n) is 4.53. The lowest BCUT2D eigenvalue weighted by Crippen LogP contribution is -2.24. The largest absolute Gasteiger partial charge is 0.411 e. The van der Waals surface area contributed by atoms with Crippen molar-refractivity contribution in [2.75, 3.05) is 24.3 Å². The minimum atomic E-state index is -4.44. The van der Waals surface area contributed by atoms with Crippen LogP contribution < -0.4 is 11.1 Å². The third kappa shape index (κ3) is 6.92. The van der Waals surface area contributed by atoms with Gasteiger partial charge in [0.25, 0.3) is 0 Å². The maximum absolute atomic E-state index is 11.7. The maximum atomic E-state index is 11.7. The Kier molecular flexibility index (Phi) is 6.42. The van der Waals surface area contributed by atoms with Crippen molar-refractivity contribution >= 4 is 29.8 Å². The number of anilines is 2. The predicted octanol–water partition coefficient (Wildman–Crippen LogP) is 1.60. The molecule has 0 aliphatic rings. The van der Waals surface area contributed by atoms with Gasteiger partial charge in [-0.25, -0.2) is 4.98 Å². The molecule has 18 heavy (non-hydrogen) atoms. The number of alkyl halides is 3. The molecule has 102 valence electrons. The molecule has 1 aromatic heterocycles. The Morgan fingerprint density at radius 3 is 2.61 bits per heavy atom. The van der Waals surface area contributed by atoms with Crippen LogP contribution >= 0.6 is 12.4 Å². The molecule has 0 spiro atoms. The smallest absolute Gasteiger partial charge is 0.384 e. The number of aromatic nitrogens is 1. The molecule has 0 saturated carbocycles. The number of pyridine rings is 1. The van der Waals surface area contributed by atoms with Crippen LogP contribution in [0.2, 0.25) is 0 Å². The van der Waals surface area contributed by atoms with Crippen LogP contribution in [0.4, 0.5) is 24.7 Å². The zero-order valence-electron chi connectivity index (χ0n) is 9.03. The number of nitrogen functional groups attached to an aromatic ring is 1. The molecule has 0 unspecified atom stereocenters. The maximum Gasteiger partial charge on any atom is 0.411 e. The molecule has 0 bridgehead atoms. The van der Waals surface area contributed by atoms with Crippen molar-refractivity contribution in [1.82, 2.24) is 4.98 Å². The molecule has 0 radical (unpaired) electrons. The Bertz CT molecular complexity index is 384. The number of amides is 1. The van der Waals surface area contributed by atoms with Crippen LogP contribution in [-0.2, 0) is 9.53 Å². The zero-order valence-corrected chi connectivity index (χ0v) is 9.85. The minimum absolute atomic E-state index is 0. The second-order valence-corrected chi connectivity index (χ2v) is 3.13. The van der Waals surface area contributed by atoms with Gasteiger partial charge in [0.05, 0.1) is 11.9 Å². The molecule has 0 aliphatic heterocycles. The van der Waals surface area contributed by atoms with Gasteiger partial charge in [0.2, 0.25) is 5.91 Å². The van der Waals surface area contributed by atoms with E-state index in [2.05, 4.69) is 15.0 Å². The minimum Gasteiger partial charge on any atom is -0.384 e. The summed E-state index contributed by atoms with van der Waals surface area (Å²) < 4.78 is 39.3. The van der Waals surface area contributed by atoms with Crippen LogP contribution in [0, 0.1) is 0 Å². The number of ether oxygens (including phenoxy) is 1. The molecule has 0 aliphatic carbocycles. The number of hydrogen-bond donors (Lipinski definition) is 2. The summed E-state index contributed by atoms with van der Waals surface area (Å²) in [7, 11) is 0. The first-order chi connectivity index (χ1) is 7.87. The van der Waals surface area contributed by atoms with Crippen LogP contribution in [0.3, 0.4) is 0 Å². The van der Waals surface area contributed by atoms with E-state index < -0.39 is 25.3 Å². The zero-order chi connectivity index (χ0) is 12.9. The highest BCUT2D eigenvalue weighted by Crippen LogP contribution is 2.14. The lowest BCUT2D eigenvalue weighted by Gasteiger charge is -2.08. The van der Waals surface area contributed by atoms with Gasteiger partial charge in [-0.2, -0.15) is 13.2 Å². The van der Waals surface area contributed by atoms with Gasteiger partial charge >= 0.3 is 6.18 Å². The summed E-state index contributed by atoms with van der Waals surface area (Å²) in [4.78, 5) is 14.8. The number of nitrogens with zero attached hydrogens (tertiary/aromatic N) is 1. The Morgan fingerprint density at radius 1 is 1.44 bits per heavy atom. The summed E-state index contributed by atoms with van der Waals surface area (Å²) in [5.41, 5.74) is 5.65. The molecule has 1 aromatic rings. The standard InChI is InChI=1S/C9H10F3N3O2.ClH/c10-9(11,12)5-17-4-8(16)15-6-1-2-7(13)14-3-6;/h1-3H,4-5H2,(H2,13,14)(H,15,16);1H. The molecule has 1 amide bonds. The highest BCUT2D eigenvalue weighted by Gasteiger charge is 2.27. The summed E-state index contributed by atoms with van der Waals surface area (Å²) in [6, 6.07) is 2.93. The number of hydrogen-bond acceptors (Lipinski definition) is 4. The normalized spacial score (nSPS) is 10.6. The second kappa shape index (κ2) is 7.02. The fourth-order valence-electron chi connectivity index (χ4n) is 0.936. The third-order valence-corrected chi connectivity index (χ3v) is 1.57. The first-order valence-corrected chi connectivity index (χ1v) is 4.53. The van der Waals surface area contributed by atoms with Crippen LogP contribution in [-0.4, -0.2) is 30.3 Å². The number of nitrogens with one attached hydrogen (secondary N) is 1. The average Bonchev–Trinajstić information content (AvgIpc) is 2.19. The number of nitrogens with two attached hydrogens (primary N) is 1. The van der Waals surface area contributed by atoms with E-state index in [1.165, 1.54) is 18.3 Å². The molecule has 1 heterocycles. The van der Waals surface area contributed by atoms with Crippen molar-refractivity contribution in [2.45, 2.75) is 6.18 Å². The molecule has 3 N–H and O–H groups in total. The van der Waals surface area contributed by atoms with Crippen molar-refractivity contribution in [2.24, 2.45) is 0 Å². The summed E-state index contributed by atoms with van der Waals surface area (Å²) in [6.45, 7) is -2.13. The van der Waals surface area contributed by atoms with Gasteiger partial charge in [0.15, 0.2) is 0 Å².